The summed E-state index contributed by atoms with van der Waals surface area (Å²) < 4.78 is 13.8. The fraction of sp³-hybridized carbons (Fsp3) is 0.533. The van der Waals surface area contributed by atoms with E-state index in [0.29, 0.717) is 5.92 Å². The van der Waals surface area contributed by atoms with Crippen LogP contribution in [0.4, 0.5) is 10.1 Å². The third kappa shape index (κ3) is 3.03. The van der Waals surface area contributed by atoms with E-state index < -0.39 is 0 Å². The summed E-state index contributed by atoms with van der Waals surface area (Å²) in [6, 6.07) is 7.02. The number of para-hydroxylation sites is 1. The first-order valence-corrected chi connectivity index (χ1v) is 7.34. The van der Waals surface area contributed by atoms with E-state index in [9.17, 15) is 4.39 Å². The van der Waals surface area contributed by atoms with Crippen molar-refractivity contribution in [1.82, 2.24) is 10.6 Å². The maximum absolute atomic E-state index is 13.8. The predicted molar refractivity (Wildman–Crippen MR) is 79.6 cm³/mol. The van der Waals surface area contributed by atoms with Crippen LogP contribution in [0.25, 0.3) is 0 Å². The van der Waals surface area contributed by atoms with Gasteiger partial charge in [0, 0.05) is 32.7 Å². The summed E-state index contributed by atoms with van der Waals surface area (Å²) in [6.45, 7) is 4.63. The van der Waals surface area contributed by atoms with Gasteiger partial charge in [-0.05, 0) is 30.9 Å². The molecule has 1 saturated heterocycles. The van der Waals surface area contributed by atoms with Gasteiger partial charge in [0.15, 0.2) is 5.96 Å². The molecule has 0 bridgehead atoms. The van der Waals surface area contributed by atoms with E-state index >= 15 is 0 Å². The first-order chi connectivity index (χ1) is 9.83. The van der Waals surface area contributed by atoms with Gasteiger partial charge in [0.25, 0.3) is 0 Å². The molecule has 5 heteroatoms. The van der Waals surface area contributed by atoms with Crippen LogP contribution >= 0.6 is 0 Å². The molecule has 0 aliphatic carbocycles. The van der Waals surface area contributed by atoms with Crippen molar-refractivity contribution in [1.29, 1.82) is 0 Å². The Hall–Kier alpha value is -1.78. The Bertz CT molecular complexity index is 489. The number of anilines is 1. The average molecular weight is 276 g/mol. The number of aliphatic imine (C=N–C) groups is 1. The van der Waals surface area contributed by atoms with Crippen LogP contribution in [0, 0.1) is 11.7 Å². The smallest absolute Gasteiger partial charge is 0.191 e. The first-order valence-electron chi connectivity index (χ1n) is 7.34. The quantitative estimate of drug-likeness (QED) is 0.881. The summed E-state index contributed by atoms with van der Waals surface area (Å²) in [5.41, 5.74) is 0.725. The molecular formula is C15H21FN4. The lowest BCUT2D eigenvalue weighted by atomic mass is 10.1. The molecule has 108 valence electrons. The van der Waals surface area contributed by atoms with E-state index in [0.717, 1.165) is 57.2 Å². The van der Waals surface area contributed by atoms with E-state index in [1.54, 1.807) is 6.07 Å². The lowest BCUT2D eigenvalue weighted by Crippen LogP contribution is -2.43. The molecule has 0 amide bonds. The molecule has 3 rings (SSSR count). The minimum Gasteiger partial charge on any atom is -0.369 e. The molecule has 20 heavy (non-hydrogen) atoms. The fourth-order valence-corrected chi connectivity index (χ4v) is 2.82. The largest absolute Gasteiger partial charge is 0.369 e. The predicted octanol–water partition coefficient (Wildman–Crippen LogP) is 1.59. The van der Waals surface area contributed by atoms with Gasteiger partial charge in [0.2, 0.25) is 0 Å². The second-order valence-electron chi connectivity index (χ2n) is 5.44. The van der Waals surface area contributed by atoms with Crippen LogP contribution in [-0.2, 0) is 0 Å². The van der Waals surface area contributed by atoms with Gasteiger partial charge in [-0.25, -0.2) is 4.39 Å². The van der Waals surface area contributed by atoms with Gasteiger partial charge in [0.1, 0.15) is 5.82 Å². The van der Waals surface area contributed by atoms with Crippen molar-refractivity contribution in [3.8, 4) is 0 Å². The third-order valence-electron chi connectivity index (χ3n) is 3.93. The van der Waals surface area contributed by atoms with Crippen molar-refractivity contribution >= 4 is 11.6 Å². The van der Waals surface area contributed by atoms with Gasteiger partial charge in [-0.1, -0.05) is 12.1 Å². The van der Waals surface area contributed by atoms with Crippen LogP contribution in [0.15, 0.2) is 29.3 Å². The summed E-state index contributed by atoms with van der Waals surface area (Å²) in [7, 11) is 0. The first kappa shape index (κ1) is 13.2. The lowest BCUT2D eigenvalue weighted by molar-refractivity contribution is 0.559. The standard InChI is InChI=1S/C15H21FN4/c16-13-4-1-2-5-14(13)20-9-6-12(11-20)10-19-15-17-7-3-8-18-15/h1-2,4-5,12H,3,6-11H2,(H2,17,18,19). The van der Waals surface area contributed by atoms with Crippen LogP contribution in [0.1, 0.15) is 12.8 Å². The lowest BCUT2D eigenvalue weighted by Gasteiger charge is -2.20. The van der Waals surface area contributed by atoms with Crippen LogP contribution < -0.4 is 15.5 Å². The Labute approximate surface area is 119 Å². The summed E-state index contributed by atoms with van der Waals surface area (Å²) in [5.74, 6) is 1.33. The van der Waals surface area contributed by atoms with Crippen molar-refractivity contribution in [2.24, 2.45) is 10.9 Å². The van der Waals surface area contributed by atoms with Crippen molar-refractivity contribution in [2.75, 3.05) is 37.6 Å². The highest BCUT2D eigenvalue weighted by atomic mass is 19.1. The molecule has 1 atom stereocenters. The highest BCUT2D eigenvalue weighted by Gasteiger charge is 2.24. The van der Waals surface area contributed by atoms with Crippen molar-refractivity contribution in [3.63, 3.8) is 0 Å². The highest BCUT2D eigenvalue weighted by molar-refractivity contribution is 5.80. The van der Waals surface area contributed by atoms with Crippen molar-refractivity contribution in [3.05, 3.63) is 30.1 Å². The van der Waals surface area contributed by atoms with Gasteiger partial charge in [0.05, 0.1) is 5.69 Å². The Morgan fingerprint density at radius 1 is 1.40 bits per heavy atom. The molecule has 0 saturated carbocycles. The molecule has 2 heterocycles. The number of guanidine groups is 1. The molecule has 4 nitrogen and oxygen atoms in total. The van der Waals surface area contributed by atoms with E-state index in [1.165, 1.54) is 6.07 Å². The Morgan fingerprint density at radius 3 is 3.10 bits per heavy atom. The maximum atomic E-state index is 13.8. The third-order valence-corrected chi connectivity index (χ3v) is 3.93. The zero-order chi connectivity index (χ0) is 13.8. The Kier molecular flexibility index (Phi) is 4.04. The molecule has 0 radical (unpaired) electrons. The molecule has 1 aromatic carbocycles. The molecule has 0 aromatic heterocycles. The van der Waals surface area contributed by atoms with E-state index in [-0.39, 0.29) is 5.82 Å². The van der Waals surface area contributed by atoms with E-state index in [2.05, 4.69) is 20.5 Å². The second-order valence-corrected chi connectivity index (χ2v) is 5.44. The minimum atomic E-state index is -0.126. The number of nitrogens with zero attached hydrogens (tertiary/aromatic N) is 2. The molecule has 1 aromatic rings. The average Bonchev–Trinajstić information content (AvgIpc) is 2.95. The zero-order valence-corrected chi connectivity index (χ0v) is 11.6. The summed E-state index contributed by atoms with van der Waals surface area (Å²) in [6.07, 6.45) is 2.20. The second kappa shape index (κ2) is 6.11. The van der Waals surface area contributed by atoms with Crippen LogP contribution in [0.5, 0.6) is 0 Å². The molecular weight excluding hydrogens is 255 g/mol. The normalized spacial score (nSPS) is 22.4. The van der Waals surface area contributed by atoms with Gasteiger partial charge in [-0.3, -0.25) is 4.99 Å². The number of benzene rings is 1. The van der Waals surface area contributed by atoms with Gasteiger partial charge in [-0.2, -0.15) is 0 Å². The fourth-order valence-electron chi connectivity index (χ4n) is 2.82. The van der Waals surface area contributed by atoms with E-state index in [1.807, 2.05) is 12.1 Å². The SMILES string of the molecule is Fc1ccccc1N1CCC(CNC2=NCCCN2)C1. The molecule has 1 fully saturated rings. The van der Waals surface area contributed by atoms with Gasteiger partial charge >= 0.3 is 0 Å². The van der Waals surface area contributed by atoms with Crippen molar-refractivity contribution < 1.29 is 4.39 Å². The number of nitrogens with one attached hydrogen (secondary N) is 2. The highest BCUT2D eigenvalue weighted by Crippen LogP contribution is 2.25. The van der Waals surface area contributed by atoms with Crippen LogP contribution in [0.2, 0.25) is 0 Å². The van der Waals surface area contributed by atoms with Crippen LogP contribution in [-0.4, -0.2) is 38.7 Å². The Morgan fingerprint density at radius 2 is 2.30 bits per heavy atom. The summed E-state index contributed by atoms with van der Waals surface area (Å²) >= 11 is 0. The number of hydrogen-bond acceptors (Lipinski definition) is 4. The Balaban J connectivity index is 1.52. The zero-order valence-electron chi connectivity index (χ0n) is 11.6. The van der Waals surface area contributed by atoms with E-state index in [4.69, 9.17) is 0 Å². The molecule has 0 spiro atoms. The molecule has 2 aliphatic heterocycles. The number of hydrogen-bond donors (Lipinski definition) is 2. The topological polar surface area (TPSA) is 39.7 Å². The summed E-state index contributed by atoms with van der Waals surface area (Å²) in [5, 5.41) is 6.63. The number of halogens is 1. The van der Waals surface area contributed by atoms with Gasteiger partial charge in [-0.15, -0.1) is 0 Å². The van der Waals surface area contributed by atoms with Gasteiger partial charge < -0.3 is 15.5 Å². The maximum Gasteiger partial charge on any atom is 0.191 e. The molecule has 2 aliphatic rings. The molecule has 2 N–H and O–H groups in total. The molecule has 1 unspecified atom stereocenters. The monoisotopic (exact) mass is 276 g/mol. The summed E-state index contributed by atoms with van der Waals surface area (Å²) in [4.78, 5) is 6.54. The van der Waals surface area contributed by atoms with Crippen LogP contribution in [0.3, 0.4) is 0 Å². The van der Waals surface area contributed by atoms with Crippen molar-refractivity contribution in [2.45, 2.75) is 12.8 Å². The number of rotatable bonds is 3. The minimum absolute atomic E-state index is 0.126.